The first kappa shape index (κ1) is 24.9. The number of nitrogens with one attached hydrogen (secondary N) is 1. The summed E-state index contributed by atoms with van der Waals surface area (Å²) in [5.74, 6) is 0.826. The number of likely N-dealkylation sites (tertiary alicyclic amines) is 1. The minimum atomic E-state index is 0.0109. The van der Waals surface area contributed by atoms with E-state index in [1.54, 1.807) is 19.5 Å². The van der Waals surface area contributed by atoms with Gasteiger partial charge in [-0.3, -0.25) is 9.48 Å². The number of rotatable bonds is 8. The Bertz CT molecular complexity index is 1250. The Morgan fingerprint density at radius 3 is 2.78 bits per heavy atom. The van der Waals surface area contributed by atoms with Gasteiger partial charge >= 0.3 is 0 Å². The predicted octanol–water partition coefficient (Wildman–Crippen LogP) is 3.83. The van der Waals surface area contributed by atoms with Gasteiger partial charge in [0.1, 0.15) is 0 Å². The minimum absolute atomic E-state index is 0.0109. The fraction of sp³-hybridized carbons (Fsp3) is 0.444. The summed E-state index contributed by atoms with van der Waals surface area (Å²) < 4.78 is 12.8. The Morgan fingerprint density at radius 2 is 2.05 bits per heavy atom. The van der Waals surface area contributed by atoms with Crippen LogP contribution in [-0.2, 0) is 9.47 Å². The maximum atomic E-state index is 12.8. The first-order valence-corrected chi connectivity index (χ1v) is 12.7. The van der Waals surface area contributed by atoms with Crippen LogP contribution in [0.5, 0.6) is 0 Å². The van der Waals surface area contributed by atoms with Crippen LogP contribution in [0.3, 0.4) is 0 Å². The number of anilines is 2. The molecule has 1 N–H and O–H groups in total. The van der Waals surface area contributed by atoms with Gasteiger partial charge in [0, 0.05) is 62.6 Å². The summed E-state index contributed by atoms with van der Waals surface area (Å²) in [6, 6.07) is 11.5. The highest BCUT2D eigenvalue weighted by Crippen LogP contribution is 2.31. The fourth-order valence-electron chi connectivity index (χ4n) is 5.01. The Labute approximate surface area is 216 Å². The maximum absolute atomic E-state index is 12.8. The van der Waals surface area contributed by atoms with E-state index >= 15 is 0 Å². The zero-order valence-electron chi connectivity index (χ0n) is 20.9. The zero-order valence-corrected chi connectivity index (χ0v) is 20.9. The Kier molecular flexibility index (Phi) is 7.73. The minimum Gasteiger partial charge on any atom is -0.381 e. The van der Waals surface area contributed by atoms with Gasteiger partial charge in [-0.15, -0.1) is 0 Å². The molecule has 3 aromatic rings. The van der Waals surface area contributed by atoms with Crippen molar-refractivity contribution in [2.24, 2.45) is 5.92 Å². The number of hydrogen-bond donors (Lipinski definition) is 1. The molecule has 2 aromatic heterocycles. The first-order chi connectivity index (χ1) is 18.1. The van der Waals surface area contributed by atoms with Crippen LogP contribution in [0.2, 0.25) is 0 Å². The lowest BCUT2D eigenvalue weighted by Crippen LogP contribution is -2.29. The number of benzene rings is 1. The van der Waals surface area contributed by atoms with Crippen LogP contribution >= 0.6 is 0 Å². The molecule has 2 aliphatic heterocycles. The molecular weight excluding hydrogens is 470 g/mol. The average Bonchev–Trinajstić information content (AvgIpc) is 3.63. The molecule has 37 heavy (non-hydrogen) atoms. The van der Waals surface area contributed by atoms with Gasteiger partial charge in [-0.2, -0.15) is 10.4 Å². The third-order valence-corrected chi connectivity index (χ3v) is 7.16. The summed E-state index contributed by atoms with van der Waals surface area (Å²) in [5.41, 5.74) is 3.02. The summed E-state index contributed by atoms with van der Waals surface area (Å²) >= 11 is 0. The second-order valence-corrected chi connectivity index (χ2v) is 9.45. The number of carbonyl (C=O) groups excluding carboxylic acids is 1. The van der Waals surface area contributed by atoms with Crippen molar-refractivity contribution in [2.75, 3.05) is 38.7 Å². The summed E-state index contributed by atoms with van der Waals surface area (Å²) in [6.45, 7) is 2.78. The molecule has 2 saturated heterocycles. The van der Waals surface area contributed by atoms with Gasteiger partial charge in [0.2, 0.25) is 5.95 Å². The van der Waals surface area contributed by atoms with E-state index in [0.717, 1.165) is 49.4 Å². The monoisotopic (exact) mass is 501 g/mol. The van der Waals surface area contributed by atoms with Crippen LogP contribution in [0.15, 0.2) is 48.9 Å². The maximum Gasteiger partial charge on any atom is 0.253 e. The smallest absolute Gasteiger partial charge is 0.253 e. The predicted molar refractivity (Wildman–Crippen MR) is 137 cm³/mol. The van der Waals surface area contributed by atoms with Crippen LogP contribution in [0.1, 0.15) is 42.1 Å². The molecule has 5 rings (SSSR count). The number of nitriles is 1. The van der Waals surface area contributed by atoms with Crippen molar-refractivity contribution in [3.63, 3.8) is 0 Å². The third kappa shape index (κ3) is 5.79. The van der Waals surface area contributed by atoms with E-state index in [4.69, 9.17) is 9.47 Å². The van der Waals surface area contributed by atoms with Gasteiger partial charge in [-0.25, -0.2) is 9.97 Å². The summed E-state index contributed by atoms with van der Waals surface area (Å²) in [7, 11) is 1.68. The van der Waals surface area contributed by atoms with Crippen molar-refractivity contribution in [1.82, 2.24) is 24.6 Å². The third-order valence-electron chi connectivity index (χ3n) is 7.16. The highest BCUT2D eigenvalue weighted by Gasteiger charge is 2.27. The molecule has 10 heteroatoms. The molecule has 0 saturated carbocycles. The SMILES string of the molecule is CO[C@H]1CCN(C(=O)c2ccc(Nc3nccc(-c4cnn(C(CC#N)C5CCOCC5)c4)n3)cc2)C1. The highest BCUT2D eigenvalue weighted by molar-refractivity contribution is 5.94. The second kappa shape index (κ2) is 11.5. The molecule has 0 aliphatic carbocycles. The van der Waals surface area contributed by atoms with E-state index in [1.807, 2.05) is 46.1 Å². The van der Waals surface area contributed by atoms with E-state index in [0.29, 0.717) is 36.9 Å². The molecule has 2 fully saturated rings. The van der Waals surface area contributed by atoms with Crippen LogP contribution in [0.25, 0.3) is 11.3 Å². The molecule has 10 nitrogen and oxygen atoms in total. The van der Waals surface area contributed by atoms with Crippen molar-refractivity contribution in [1.29, 1.82) is 5.26 Å². The molecule has 2 aliphatic rings. The van der Waals surface area contributed by atoms with Crippen LogP contribution in [0, 0.1) is 17.2 Å². The van der Waals surface area contributed by atoms with Crippen molar-refractivity contribution in [3.8, 4) is 17.3 Å². The van der Waals surface area contributed by atoms with Crippen molar-refractivity contribution >= 4 is 17.5 Å². The largest absolute Gasteiger partial charge is 0.381 e. The van der Waals surface area contributed by atoms with E-state index in [2.05, 4.69) is 26.5 Å². The molecule has 4 heterocycles. The second-order valence-electron chi connectivity index (χ2n) is 9.45. The summed E-state index contributed by atoms with van der Waals surface area (Å²) in [5, 5.41) is 17.2. The van der Waals surface area contributed by atoms with Crippen LogP contribution in [0.4, 0.5) is 11.6 Å². The summed E-state index contributed by atoms with van der Waals surface area (Å²) in [6.07, 6.45) is 8.68. The number of methoxy groups -OCH3 is 1. The van der Waals surface area contributed by atoms with Gasteiger partial charge in [-0.1, -0.05) is 0 Å². The number of aromatic nitrogens is 4. The van der Waals surface area contributed by atoms with Crippen LogP contribution in [-0.4, -0.2) is 70.1 Å². The van der Waals surface area contributed by atoms with E-state index in [9.17, 15) is 10.1 Å². The number of ether oxygens (including phenoxy) is 2. The molecule has 1 unspecified atom stereocenters. The molecule has 0 spiro atoms. The molecule has 0 radical (unpaired) electrons. The lowest BCUT2D eigenvalue weighted by molar-refractivity contribution is 0.0473. The molecule has 0 bridgehead atoms. The molecule has 2 atom stereocenters. The summed E-state index contributed by atoms with van der Waals surface area (Å²) in [4.78, 5) is 23.6. The number of carbonyl (C=O) groups is 1. The van der Waals surface area contributed by atoms with E-state index < -0.39 is 0 Å². The molecular formula is C27H31N7O3. The van der Waals surface area contributed by atoms with Gasteiger partial charge in [0.15, 0.2) is 0 Å². The van der Waals surface area contributed by atoms with E-state index in [1.165, 1.54) is 0 Å². The zero-order chi connectivity index (χ0) is 25.6. The number of nitrogens with zero attached hydrogens (tertiary/aromatic N) is 6. The fourth-order valence-corrected chi connectivity index (χ4v) is 5.01. The average molecular weight is 502 g/mol. The molecule has 192 valence electrons. The normalized spacial score (nSPS) is 18.9. The van der Waals surface area contributed by atoms with Crippen molar-refractivity contribution < 1.29 is 14.3 Å². The Morgan fingerprint density at radius 1 is 1.24 bits per heavy atom. The van der Waals surface area contributed by atoms with Crippen molar-refractivity contribution in [2.45, 2.75) is 37.8 Å². The van der Waals surface area contributed by atoms with Gasteiger partial charge in [0.25, 0.3) is 5.91 Å². The quantitative estimate of drug-likeness (QED) is 0.495. The van der Waals surface area contributed by atoms with Gasteiger partial charge < -0.3 is 19.7 Å². The Hall–Kier alpha value is -3.81. The van der Waals surface area contributed by atoms with E-state index in [-0.39, 0.29) is 18.1 Å². The number of amides is 1. The van der Waals surface area contributed by atoms with Gasteiger partial charge in [-0.05, 0) is 55.5 Å². The van der Waals surface area contributed by atoms with Crippen molar-refractivity contribution in [3.05, 3.63) is 54.5 Å². The topological polar surface area (TPSA) is 118 Å². The van der Waals surface area contributed by atoms with Gasteiger partial charge in [0.05, 0.1) is 36.5 Å². The number of hydrogen-bond acceptors (Lipinski definition) is 8. The first-order valence-electron chi connectivity index (χ1n) is 12.7. The molecule has 1 amide bonds. The molecule has 1 aromatic carbocycles. The lowest BCUT2D eigenvalue weighted by atomic mass is 9.90. The highest BCUT2D eigenvalue weighted by atomic mass is 16.5. The van der Waals surface area contributed by atoms with Crippen LogP contribution < -0.4 is 5.32 Å². The Balaban J connectivity index is 1.26. The lowest BCUT2D eigenvalue weighted by Gasteiger charge is -2.29. The standard InChI is InChI=1S/C27H31N7O3/c1-36-23-8-13-33(18-23)26(35)20-2-4-22(5-3-20)31-27-29-12-7-24(32-27)21-16-30-34(17-21)25(6-11-28)19-9-14-37-15-10-19/h2-5,7,12,16-17,19,23,25H,6,8-10,13-15,18H2,1H3,(H,29,31,32)/t23-,25?/m0/s1.